The van der Waals surface area contributed by atoms with Crippen molar-refractivity contribution in [2.45, 2.75) is 45.8 Å². The Morgan fingerprint density at radius 2 is 1.64 bits per heavy atom. The van der Waals surface area contributed by atoms with E-state index in [0.29, 0.717) is 33.3 Å². The van der Waals surface area contributed by atoms with Gasteiger partial charge in [0.15, 0.2) is 0 Å². The van der Waals surface area contributed by atoms with E-state index >= 15 is 0 Å². The summed E-state index contributed by atoms with van der Waals surface area (Å²) in [6, 6.07) is 9.48. The zero-order chi connectivity index (χ0) is 27.2. The Labute approximate surface area is 221 Å². The molecule has 10 heteroatoms. The van der Waals surface area contributed by atoms with Crippen LogP contribution < -0.4 is 9.64 Å². The fourth-order valence-corrected chi connectivity index (χ4v) is 3.43. The van der Waals surface area contributed by atoms with Crippen molar-refractivity contribution in [1.82, 2.24) is 4.90 Å². The van der Waals surface area contributed by atoms with Crippen LogP contribution in [0.3, 0.4) is 0 Å². The highest BCUT2D eigenvalue weighted by Gasteiger charge is 2.30. The summed E-state index contributed by atoms with van der Waals surface area (Å²) < 4.78 is 10.7. The van der Waals surface area contributed by atoms with Crippen molar-refractivity contribution in [2.24, 2.45) is 0 Å². The monoisotopic (exact) mass is 536 g/mol. The summed E-state index contributed by atoms with van der Waals surface area (Å²) in [6.07, 6.45) is -0.222. The van der Waals surface area contributed by atoms with Gasteiger partial charge in [-0.2, -0.15) is 0 Å². The minimum atomic E-state index is -1.08. The number of Topliss-reactive ketones (excluding diaryl/α,β-unsaturated/α-hetero) is 1. The van der Waals surface area contributed by atoms with Crippen LogP contribution >= 0.6 is 23.2 Å². The van der Waals surface area contributed by atoms with Crippen LogP contribution in [0.4, 0.5) is 5.69 Å². The molecule has 0 radical (unpaired) electrons. The molecular weight excluding hydrogens is 507 g/mol. The Balaban J connectivity index is 2.45. The molecule has 0 saturated carbocycles. The van der Waals surface area contributed by atoms with Gasteiger partial charge in [0.2, 0.25) is 11.7 Å². The van der Waals surface area contributed by atoms with Gasteiger partial charge >= 0.3 is 5.97 Å². The van der Waals surface area contributed by atoms with E-state index in [1.807, 2.05) is 6.92 Å². The van der Waals surface area contributed by atoms with E-state index in [1.54, 1.807) is 58.3 Å². The highest BCUT2D eigenvalue weighted by molar-refractivity contribution is 6.42. The molecule has 2 aromatic carbocycles. The standard InChI is InChI=1S/C26H30Cl2N2O6/c1-7-26(2,3)36-25(34)21(31)14-23(32)30(15-16-8-10-18(27)19(28)12-16)20-11-9-17(13-22(20)35-6)24(33)29(4)5/h8-13H,7,14-15H2,1-6H3. The van der Waals surface area contributed by atoms with Crippen LogP contribution in [-0.2, 0) is 25.7 Å². The zero-order valence-electron chi connectivity index (χ0n) is 21.2. The average Bonchev–Trinajstić information content (AvgIpc) is 2.83. The first-order chi connectivity index (χ1) is 16.8. The van der Waals surface area contributed by atoms with Crippen LogP contribution in [-0.4, -0.2) is 55.3 Å². The van der Waals surface area contributed by atoms with E-state index < -0.39 is 29.7 Å². The number of esters is 1. The lowest BCUT2D eigenvalue weighted by Crippen LogP contribution is -2.36. The van der Waals surface area contributed by atoms with Gasteiger partial charge in [0.05, 0.1) is 35.8 Å². The first kappa shape index (κ1) is 29.1. The van der Waals surface area contributed by atoms with Crippen molar-refractivity contribution in [2.75, 3.05) is 26.1 Å². The van der Waals surface area contributed by atoms with Crippen LogP contribution in [0.25, 0.3) is 0 Å². The highest BCUT2D eigenvalue weighted by Crippen LogP contribution is 2.32. The van der Waals surface area contributed by atoms with Crippen molar-refractivity contribution >= 4 is 52.5 Å². The number of hydrogen-bond acceptors (Lipinski definition) is 6. The summed E-state index contributed by atoms with van der Waals surface area (Å²) in [7, 11) is 4.64. The smallest absolute Gasteiger partial charge is 0.375 e. The van der Waals surface area contributed by atoms with Crippen LogP contribution in [0.5, 0.6) is 5.75 Å². The largest absolute Gasteiger partial charge is 0.495 e. The van der Waals surface area contributed by atoms with Gasteiger partial charge in [0.25, 0.3) is 5.91 Å². The summed E-state index contributed by atoms with van der Waals surface area (Å²) in [5, 5.41) is 0.640. The van der Waals surface area contributed by atoms with Gasteiger partial charge in [-0.15, -0.1) is 0 Å². The second-order valence-corrected chi connectivity index (χ2v) is 9.73. The average molecular weight is 537 g/mol. The number of benzene rings is 2. The van der Waals surface area contributed by atoms with Crippen LogP contribution in [0, 0.1) is 0 Å². The fourth-order valence-electron chi connectivity index (χ4n) is 3.11. The van der Waals surface area contributed by atoms with Crippen LogP contribution in [0.1, 0.15) is 49.5 Å². The van der Waals surface area contributed by atoms with Crippen molar-refractivity contribution < 1.29 is 28.7 Å². The van der Waals surface area contributed by atoms with Gasteiger partial charge in [-0.25, -0.2) is 4.79 Å². The Morgan fingerprint density at radius 1 is 0.972 bits per heavy atom. The summed E-state index contributed by atoms with van der Waals surface area (Å²) in [4.78, 5) is 53.4. The first-order valence-electron chi connectivity index (χ1n) is 11.2. The second kappa shape index (κ2) is 12.2. The van der Waals surface area contributed by atoms with Gasteiger partial charge in [-0.3, -0.25) is 14.4 Å². The minimum absolute atomic E-state index is 0.00413. The SMILES string of the molecule is CCC(C)(C)OC(=O)C(=O)CC(=O)N(Cc1ccc(Cl)c(Cl)c1)c1ccc(C(=O)N(C)C)cc1OC. The van der Waals surface area contributed by atoms with E-state index in [4.69, 9.17) is 32.7 Å². The molecule has 0 bridgehead atoms. The molecule has 2 amide bonds. The molecule has 194 valence electrons. The molecule has 0 saturated heterocycles. The molecule has 36 heavy (non-hydrogen) atoms. The number of hydrogen-bond donors (Lipinski definition) is 0. The van der Waals surface area contributed by atoms with Gasteiger partial charge < -0.3 is 19.3 Å². The molecule has 0 aliphatic carbocycles. The van der Waals surface area contributed by atoms with Gasteiger partial charge in [-0.05, 0) is 56.2 Å². The topological polar surface area (TPSA) is 93.2 Å². The number of amides is 2. The van der Waals surface area contributed by atoms with E-state index in [0.717, 1.165) is 0 Å². The van der Waals surface area contributed by atoms with Crippen molar-refractivity contribution in [3.63, 3.8) is 0 Å². The molecule has 0 N–H and O–H groups in total. The molecular formula is C26H30Cl2N2O6. The number of rotatable bonds is 10. The van der Waals surface area contributed by atoms with E-state index in [1.165, 1.54) is 23.0 Å². The maximum Gasteiger partial charge on any atom is 0.375 e. The third-order valence-electron chi connectivity index (χ3n) is 5.51. The third kappa shape index (κ3) is 7.45. The molecule has 0 unspecified atom stereocenters. The summed E-state index contributed by atoms with van der Waals surface area (Å²) in [6.45, 7) is 5.17. The minimum Gasteiger partial charge on any atom is -0.495 e. The molecule has 2 aromatic rings. The number of ether oxygens (including phenoxy) is 2. The number of methoxy groups -OCH3 is 1. The Kier molecular flexibility index (Phi) is 9.90. The maximum absolute atomic E-state index is 13.4. The molecule has 0 heterocycles. The second-order valence-electron chi connectivity index (χ2n) is 8.92. The number of carbonyl (C=O) groups excluding carboxylic acids is 4. The number of ketones is 1. The fraction of sp³-hybridized carbons (Fsp3) is 0.385. The Bertz CT molecular complexity index is 1160. The lowest BCUT2D eigenvalue weighted by Gasteiger charge is -2.26. The van der Waals surface area contributed by atoms with Crippen LogP contribution in [0.15, 0.2) is 36.4 Å². The molecule has 2 rings (SSSR count). The molecule has 0 aliphatic rings. The van der Waals surface area contributed by atoms with Crippen molar-refractivity contribution in [1.29, 1.82) is 0 Å². The molecule has 8 nitrogen and oxygen atoms in total. The van der Waals surface area contributed by atoms with Gasteiger partial charge in [-0.1, -0.05) is 36.2 Å². The maximum atomic E-state index is 13.4. The molecule has 0 spiro atoms. The summed E-state index contributed by atoms with van der Waals surface area (Å²) in [5.74, 6) is -2.73. The highest BCUT2D eigenvalue weighted by atomic mass is 35.5. The number of nitrogens with zero attached hydrogens (tertiary/aromatic N) is 2. The summed E-state index contributed by atoms with van der Waals surface area (Å²) >= 11 is 12.2. The zero-order valence-corrected chi connectivity index (χ0v) is 22.7. The van der Waals surface area contributed by atoms with Gasteiger partial charge in [0.1, 0.15) is 11.4 Å². The van der Waals surface area contributed by atoms with E-state index in [9.17, 15) is 19.2 Å². The lowest BCUT2D eigenvalue weighted by atomic mass is 10.1. The van der Waals surface area contributed by atoms with Crippen molar-refractivity contribution in [3.8, 4) is 5.75 Å². The number of carbonyl (C=O) groups is 4. The predicted octanol–water partition coefficient (Wildman–Crippen LogP) is 4.93. The summed E-state index contributed by atoms with van der Waals surface area (Å²) in [5.41, 5.74) is 0.436. The molecule has 0 aliphatic heterocycles. The Morgan fingerprint density at radius 3 is 2.19 bits per heavy atom. The molecule has 0 fully saturated rings. The van der Waals surface area contributed by atoms with Crippen LogP contribution in [0.2, 0.25) is 10.0 Å². The predicted molar refractivity (Wildman–Crippen MR) is 139 cm³/mol. The van der Waals surface area contributed by atoms with Gasteiger partial charge in [0, 0.05) is 19.7 Å². The number of anilines is 1. The number of halogens is 2. The first-order valence-corrected chi connectivity index (χ1v) is 11.9. The van der Waals surface area contributed by atoms with E-state index in [-0.39, 0.29) is 18.2 Å². The Hall–Kier alpha value is -3.10. The molecule has 0 aromatic heterocycles. The van der Waals surface area contributed by atoms with Crippen molar-refractivity contribution in [3.05, 3.63) is 57.6 Å². The quantitative estimate of drug-likeness (QED) is 0.243. The third-order valence-corrected chi connectivity index (χ3v) is 6.25. The normalized spacial score (nSPS) is 11.0. The lowest BCUT2D eigenvalue weighted by molar-refractivity contribution is -0.164. The van der Waals surface area contributed by atoms with E-state index in [2.05, 4.69) is 0 Å². The molecule has 0 atom stereocenters.